The fourth-order valence-corrected chi connectivity index (χ4v) is 2.41. The molecule has 1 aliphatic rings. The lowest BCUT2D eigenvalue weighted by atomic mass is 9.89. The smallest absolute Gasteiger partial charge is 0.143 e. The van der Waals surface area contributed by atoms with Crippen LogP contribution in [0.4, 0.5) is 8.78 Å². The molecule has 1 saturated heterocycles. The topological polar surface area (TPSA) is 29.5 Å². The maximum atomic E-state index is 13.7. The van der Waals surface area contributed by atoms with E-state index >= 15 is 0 Å². The second-order valence-electron chi connectivity index (χ2n) is 4.38. The first-order valence-corrected chi connectivity index (χ1v) is 6.24. The highest BCUT2D eigenvalue weighted by atomic mass is 79.9. The lowest BCUT2D eigenvalue weighted by Gasteiger charge is -2.32. The fourth-order valence-electron chi connectivity index (χ4n) is 2.04. The van der Waals surface area contributed by atoms with Gasteiger partial charge >= 0.3 is 0 Å². The molecule has 0 spiro atoms. The highest BCUT2D eigenvalue weighted by Gasteiger charge is 2.32. The molecule has 1 heterocycles. The van der Waals surface area contributed by atoms with Crippen LogP contribution in [0.15, 0.2) is 16.6 Å². The monoisotopic (exact) mass is 306 g/mol. The number of hydrogen-bond acceptors (Lipinski definition) is 2. The molecule has 0 aliphatic carbocycles. The van der Waals surface area contributed by atoms with E-state index in [4.69, 9.17) is 4.74 Å². The van der Waals surface area contributed by atoms with E-state index in [1.165, 1.54) is 12.1 Å². The van der Waals surface area contributed by atoms with Crippen molar-refractivity contribution in [1.29, 1.82) is 0 Å². The molecule has 1 fully saturated rings. The summed E-state index contributed by atoms with van der Waals surface area (Å²) in [6, 6.07) is 2.51. The molecule has 5 heteroatoms. The van der Waals surface area contributed by atoms with Gasteiger partial charge in [0.2, 0.25) is 0 Å². The molecular formula is C12H13BrF2O2. The summed E-state index contributed by atoms with van der Waals surface area (Å²) in [4.78, 5) is 0. The normalized spacial score (nSPS) is 24.9. The lowest BCUT2D eigenvalue weighted by molar-refractivity contribution is -0.0852. The third-order valence-corrected chi connectivity index (χ3v) is 3.56. The minimum atomic E-state index is -1.17. The summed E-state index contributed by atoms with van der Waals surface area (Å²) < 4.78 is 32.7. The molecule has 0 amide bonds. The summed E-state index contributed by atoms with van der Waals surface area (Å²) in [6.07, 6.45) is 1.14. The Kier molecular flexibility index (Phi) is 3.80. The molecule has 1 aliphatic heterocycles. The van der Waals surface area contributed by atoms with Crippen molar-refractivity contribution < 1.29 is 18.6 Å². The van der Waals surface area contributed by atoms with Gasteiger partial charge in [-0.25, -0.2) is 8.78 Å². The Morgan fingerprint density at radius 3 is 2.82 bits per heavy atom. The Balaban J connectivity index is 2.26. The third-order valence-electron chi connectivity index (χ3n) is 2.95. The zero-order valence-electron chi connectivity index (χ0n) is 9.18. The summed E-state index contributed by atoms with van der Waals surface area (Å²) in [5.74, 6) is -1.28. The van der Waals surface area contributed by atoms with E-state index in [1.807, 2.05) is 0 Å². The largest absolute Gasteiger partial charge is 0.387 e. The number of hydrogen-bond donors (Lipinski definition) is 1. The average Bonchev–Trinajstić information content (AvgIpc) is 2.31. The van der Waals surface area contributed by atoms with E-state index in [0.29, 0.717) is 19.4 Å². The van der Waals surface area contributed by atoms with Crippen molar-refractivity contribution in [3.63, 3.8) is 0 Å². The van der Waals surface area contributed by atoms with Crippen LogP contribution < -0.4 is 0 Å². The van der Waals surface area contributed by atoms with Gasteiger partial charge in [-0.05, 0) is 40.9 Å². The van der Waals surface area contributed by atoms with Crippen LogP contribution in [0.1, 0.15) is 18.4 Å². The van der Waals surface area contributed by atoms with Gasteiger partial charge in [0.25, 0.3) is 0 Å². The Morgan fingerprint density at radius 2 is 2.18 bits per heavy atom. The lowest BCUT2D eigenvalue weighted by Crippen LogP contribution is -2.41. The number of halogens is 3. The Labute approximate surface area is 107 Å². The first kappa shape index (κ1) is 12.9. The minimum absolute atomic E-state index is 0.0654. The van der Waals surface area contributed by atoms with E-state index in [-0.39, 0.29) is 23.1 Å². The van der Waals surface area contributed by atoms with Crippen molar-refractivity contribution in [2.75, 3.05) is 13.2 Å². The molecule has 0 radical (unpaired) electrons. The number of rotatable bonds is 2. The zero-order valence-corrected chi connectivity index (χ0v) is 10.8. The van der Waals surface area contributed by atoms with Gasteiger partial charge in [-0.3, -0.25) is 0 Å². The number of ether oxygens (including phenoxy) is 1. The predicted octanol–water partition coefficient (Wildman–Crippen LogP) is 2.81. The van der Waals surface area contributed by atoms with E-state index in [0.717, 1.165) is 0 Å². The zero-order chi connectivity index (χ0) is 12.5. The molecule has 0 aromatic heterocycles. The number of benzene rings is 1. The molecule has 2 nitrogen and oxygen atoms in total. The maximum Gasteiger partial charge on any atom is 0.143 e. The number of aliphatic hydroxyl groups is 1. The molecule has 1 aromatic carbocycles. The minimum Gasteiger partial charge on any atom is -0.387 e. The van der Waals surface area contributed by atoms with E-state index in [2.05, 4.69) is 15.9 Å². The first-order valence-electron chi connectivity index (χ1n) is 5.44. The van der Waals surface area contributed by atoms with Gasteiger partial charge in [-0.1, -0.05) is 0 Å². The van der Waals surface area contributed by atoms with Crippen molar-refractivity contribution in [3.05, 3.63) is 33.8 Å². The van der Waals surface area contributed by atoms with Crippen LogP contribution in [0.25, 0.3) is 0 Å². The van der Waals surface area contributed by atoms with Crippen molar-refractivity contribution in [3.8, 4) is 0 Å². The Bertz CT molecular complexity index is 417. The quantitative estimate of drug-likeness (QED) is 0.852. The highest BCUT2D eigenvalue weighted by molar-refractivity contribution is 9.10. The summed E-state index contributed by atoms with van der Waals surface area (Å²) >= 11 is 3.01. The fraction of sp³-hybridized carbons (Fsp3) is 0.500. The first-order chi connectivity index (χ1) is 8.02. The van der Waals surface area contributed by atoms with Crippen molar-refractivity contribution in [2.45, 2.75) is 24.9 Å². The third kappa shape index (κ3) is 2.84. The maximum absolute atomic E-state index is 13.7. The van der Waals surface area contributed by atoms with E-state index in [1.54, 1.807) is 0 Å². The molecule has 2 rings (SSSR count). The molecule has 0 bridgehead atoms. The van der Waals surface area contributed by atoms with Gasteiger partial charge in [0.15, 0.2) is 0 Å². The van der Waals surface area contributed by atoms with Crippen LogP contribution in [0, 0.1) is 11.6 Å². The summed E-state index contributed by atoms with van der Waals surface area (Å²) in [5, 5.41) is 10.2. The molecule has 1 N–H and O–H groups in total. The summed E-state index contributed by atoms with van der Waals surface area (Å²) in [7, 11) is 0. The van der Waals surface area contributed by atoms with Gasteiger partial charge in [0, 0.05) is 18.6 Å². The highest BCUT2D eigenvalue weighted by Crippen LogP contribution is 2.29. The summed E-state index contributed by atoms with van der Waals surface area (Å²) in [6.45, 7) is 0.712. The van der Waals surface area contributed by atoms with Crippen molar-refractivity contribution in [2.24, 2.45) is 0 Å². The van der Waals surface area contributed by atoms with Crippen molar-refractivity contribution >= 4 is 15.9 Å². The van der Waals surface area contributed by atoms with E-state index in [9.17, 15) is 13.9 Å². The van der Waals surface area contributed by atoms with Crippen LogP contribution in [-0.2, 0) is 11.2 Å². The predicted molar refractivity (Wildman–Crippen MR) is 62.8 cm³/mol. The molecule has 1 atom stereocenters. The molecule has 1 unspecified atom stereocenters. The summed E-state index contributed by atoms with van der Waals surface area (Å²) in [5.41, 5.74) is -1.26. The van der Waals surface area contributed by atoms with Gasteiger partial charge in [-0.15, -0.1) is 0 Å². The van der Waals surface area contributed by atoms with Crippen LogP contribution in [0.5, 0.6) is 0 Å². The van der Waals surface area contributed by atoms with Crippen LogP contribution in [0.2, 0.25) is 0 Å². The SMILES string of the molecule is OC1(Cc2c(F)ccc(Br)c2F)CCCOC1. The molecule has 0 saturated carbocycles. The van der Waals surface area contributed by atoms with Gasteiger partial charge in [-0.2, -0.15) is 0 Å². The molecular weight excluding hydrogens is 294 g/mol. The van der Waals surface area contributed by atoms with Crippen LogP contribution in [-0.4, -0.2) is 23.9 Å². The molecule has 94 valence electrons. The van der Waals surface area contributed by atoms with Crippen LogP contribution in [0.3, 0.4) is 0 Å². The molecule has 17 heavy (non-hydrogen) atoms. The Morgan fingerprint density at radius 1 is 1.41 bits per heavy atom. The average molecular weight is 307 g/mol. The van der Waals surface area contributed by atoms with Crippen LogP contribution >= 0.6 is 15.9 Å². The molecule has 1 aromatic rings. The van der Waals surface area contributed by atoms with E-state index < -0.39 is 17.2 Å². The van der Waals surface area contributed by atoms with Gasteiger partial charge in [0.1, 0.15) is 11.6 Å². The van der Waals surface area contributed by atoms with Crippen molar-refractivity contribution in [1.82, 2.24) is 0 Å². The second-order valence-corrected chi connectivity index (χ2v) is 5.23. The second kappa shape index (κ2) is 5.00. The van der Waals surface area contributed by atoms with Gasteiger partial charge in [0.05, 0.1) is 16.7 Å². The van der Waals surface area contributed by atoms with Gasteiger partial charge < -0.3 is 9.84 Å². The standard InChI is InChI=1S/C12H13BrF2O2/c13-9-2-3-10(14)8(11(9)15)6-12(16)4-1-5-17-7-12/h2-3,16H,1,4-7H2. The Hall–Kier alpha value is -0.520.